The minimum absolute atomic E-state index is 0. The van der Waals surface area contributed by atoms with Crippen LogP contribution in [-0.4, -0.2) is 70.7 Å². The Labute approximate surface area is 82.7 Å². The van der Waals surface area contributed by atoms with Crippen molar-refractivity contribution in [2.45, 2.75) is 0 Å². The van der Waals surface area contributed by atoms with Crippen LogP contribution in [0, 0.1) is 0 Å². The fraction of sp³-hybridized carbons (Fsp3) is 0. The van der Waals surface area contributed by atoms with Gasteiger partial charge in [0.15, 0.2) is 17.4 Å². The van der Waals surface area contributed by atoms with Gasteiger partial charge < -0.3 is 14.7 Å². The second kappa shape index (κ2) is 8.88. The number of hydrogen-bond acceptors (Lipinski definition) is 1. The fourth-order valence-corrected chi connectivity index (χ4v) is 0. The predicted molar refractivity (Wildman–Crippen MR) is 41.3 cm³/mol. The van der Waals surface area contributed by atoms with Gasteiger partial charge in [-0.25, -0.2) is 4.57 Å². The molecule has 0 fully saturated rings. The third-order valence-electron chi connectivity index (χ3n) is 0. The standard InChI is InChI=1S/Al.Ga.Li.H3O4P.7H/c;;;1-5(2,3)4;;;;;;;/h;;;(H3,1,2,3,4);;;;;;;. The van der Waals surface area contributed by atoms with Crippen molar-refractivity contribution in [3.05, 3.63) is 0 Å². The van der Waals surface area contributed by atoms with Crippen LogP contribution in [0.25, 0.3) is 0 Å². The first-order chi connectivity index (χ1) is 2.00. The maximum absolute atomic E-state index is 8.88. The van der Waals surface area contributed by atoms with Crippen molar-refractivity contribution in [1.29, 1.82) is 0 Å². The number of rotatable bonds is 0. The van der Waals surface area contributed by atoms with Gasteiger partial charge in [-0.15, -0.1) is 0 Å². The zero-order valence-corrected chi connectivity index (χ0v) is 3.09. The van der Waals surface area contributed by atoms with Crippen LogP contribution in [-0.2, 0) is 4.57 Å². The zero-order valence-electron chi connectivity index (χ0n) is 2.20. The Hall–Kier alpha value is 1.88. The van der Waals surface area contributed by atoms with Gasteiger partial charge in [0, 0.05) is 0 Å². The third kappa shape index (κ3) is 106. The molecule has 0 saturated heterocycles. The first kappa shape index (κ1) is 22.5. The molecule has 0 bridgehead atoms. The van der Waals surface area contributed by atoms with E-state index < -0.39 is 7.82 Å². The molecule has 0 aromatic rings. The molecule has 0 aromatic heterocycles. The molecule has 0 aliphatic carbocycles. The molecule has 0 unspecified atom stereocenters. The minimum atomic E-state index is -4.64. The molecule has 0 aromatic carbocycles. The van der Waals surface area contributed by atoms with Crippen molar-refractivity contribution < 1.29 is 19.2 Å². The topological polar surface area (TPSA) is 77.8 Å². The van der Waals surface area contributed by atoms with Gasteiger partial charge in [0.25, 0.3) is 0 Å². The predicted octanol–water partition coefficient (Wildman–Crippen LogP) is -3.94. The summed E-state index contributed by atoms with van der Waals surface area (Å²) >= 11 is 0. The summed E-state index contributed by atoms with van der Waals surface area (Å²) in [5.74, 6) is 0. The first-order valence-electron chi connectivity index (χ1n) is 0.783. The summed E-state index contributed by atoms with van der Waals surface area (Å²) in [5.41, 5.74) is 0. The van der Waals surface area contributed by atoms with E-state index in [9.17, 15) is 0 Å². The van der Waals surface area contributed by atoms with Crippen molar-refractivity contribution in [3.63, 3.8) is 0 Å². The van der Waals surface area contributed by atoms with Gasteiger partial charge in [0.1, 0.15) is 0 Å². The summed E-state index contributed by atoms with van der Waals surface area (Å²) in [7, 11) is -4.64. The van der Waals surface area contributed by atoms with E-state index in [2.05, 4.69) is 0 Å². The molecule has 0 heterocycles. The van der Waals surface area contributed by atoms with E-state index in [-0.39, 0.29) is 56.0 Å². The van der Waals surface area contributed by atoms with Gasteiger partial charge >= 0.3 is 46.5 Å². The van der Waals surface area contributed by atoms with E-state index in [4.69, 9.17) is 19.2 Å². The summed E-state index contributed by atoms with van der Waals surface area (Å²) < 4.78 is 8.88. The van der Waals surface area contributed by atoms with Gasteiger partial charge in [0.05, 0.1) is 0 Å². The van der Waals surface area contributed by atoms with Crippen LogP contribution in [0.15, 0.2) is 0 Å². The molecule has 0 aliphatic heterocycles. The van der Waals surface area contributed by atoms with Crippen LogP contribution in [0.3, 0.4) is 0 Å². The molecule has 8 heavy (non-hydrogen) atoms. The monoisotopic (exact) mass is 208 g/mol. The number of phosphoric acid groups is 1. The molecule has 0 radical (unpaired) electrons. The van der Waals surface area contributed by atoms with Crippen molar-refractivity contribution >= 4 is 63.8 Å². The molecule has 8 heteroatoms. The third-order valence-corrected chi connectivity index (χ3v) is 0. The summed E-state index contributed by atoms with van der Waals surface area (Å²) in [5, 5.41) is 0. The second-order valence-electron chi connectivity index (χ2n) is 0.513. The van der Waals surface area contributed by atoms with Crippen molar-refractivity contribution in [2.24, 2.45) is 0 Å². The summed E-state index contributed by atoms with van der Waals surface area (Å²) in [6.45, 7) is 0. The van der Waals surface area contributed by atoms with E-state index in [1.165, 1.54) is 0 Å². The van der Waals surface area contributed by atoms with Crippen LogP contribution in [0.4, 0.5) is 0 Å². The molecule has 0 spiro atoms. The van der Waals surface area contributed by atoms with Crippen molar-refractivity contribution in [3.8, 4) is 0 Å². The Morgan fingerprint density at radius 3 is 1.12 bits per heavy atom. The van der Waals surface area contributed by atoms with Crippen LogP contribution in [0.5, 0.6) is 0 Å². The van der Waals surface area contributed by atoms with Crippen molar-refractivity contribution in [2.75, 3.05) is 0 Å². The SMILES string of the molecule is O=P(O)(O)O.[AlH3].[GaH3].[LiH]. The van der Waals surface area contributed by atoms with Gasteiger partial charge in [-0.2, -0.15) is 0 Å². The Morgan fingerprint density at radius 1 is 1.12 bits per heavy atom. The average molecular weight is 209 g/mol. The van der Waals surface area contributed by atoms with Crippen LogP contribution < -0.4 is 0 Å². The van der Waals surface area contributed by atoms with Crippen LogP contribution >= 0.6 is 7.82 Å². The Kier molecular flexibility index (Phi) is 25.0. The molecule has 0 saturated carbocycles. The van der Waals surface area contributed by atoms with Crippen LogP contribution in [0.2, 0.25) is 0 Å². The van der Waals surface area contributed by atoms with Gasteiger partial charge in [-0.3, -0.25) is 0 Å². The molecular weight excluding hydrogens is 199 g/mol. The summed E-state index contributed by atoms with van der Waals surface area (Å²) in [6, 6.07) is 0. The number of hydrogen-bond donors (Lipinski definition) is 3. The van der Waals surface area contributed by atoms with E-state index in [0.29, 0.717) is 0 Å². The molecule has 0 aliphatic rings. The van der Waals surface area contributed by atoms with E-state index in [1.54, 1.807) is 0 Å². The van der Waals surface area contributed by atoms with E-state index >= 15 is 0 Å². The zero-order chi connectivity index (χ0) is 4.50. The summed E-state index contributed by atoms with van der Waals surface area (Å²) in [4.78, 5) is 21.6. The van der Waals surface area contributed by atoms with Crippen LogP contribution in [0.1, 0.15) is 0 Å². The van der Waals surface area contributed by atoms with E-state index in [1.807, 2.05) is 0 Å². The molecule has 0 rings (SSSR count). The molecule has 46 valence electrons. The van der Waals surface area contributed by atoms with E-state index in [0.717, 1.165) is 0 Å². The second-order valence-corrected chi connectivity index (χ2v) is 1.54. The molecule has 3 N–H and O–H groups in total. The molecule has 0 amide bonds. The van der Waals surface area contributed by atoms with Gasteiger partial charge in [0.2, 0.25) is 0 Å². The van der Waals surface area contributed by atoms with Crippen molar-refractivity contribution in [1.82, 2.24) is 0 Å². The summed E-state index contributed by atoms with van der Waals surface area (Å²) in [6.07, 6.45) is 0. The van der Waals surface area contributed by atoms with Gasteiger partial charge in [-0.05, 0) is 0 Å². The fourth-order valence-electron chi connectivity index (χ4n) is 0. The molecule has 4 nitrogen and oxygen atoms in total. The van der Waals surface area contributed by atoms with Gasteiger partial charge in [-0.1, -0.05) is 0 Å². The first-order valence-corrected chi connectivity index (χ1v) is 2.35. The quantitative estimate of drug-likeness (QED) is 0.281. The Bertz CT molecular complexity index is 62.2. The average Bonchev–Trinajstić information content (AvgIpc) is 0.722. The Balaban J connectivity index is -0.0000000267. The Morgan fingerprint density at radius 2 is 1.12 bits per heavy atom. The normalized spacial score (nSPS) is 7.38. The molecular formula is H10AlGaLiO4P. The molecule has 0 atom stereocenters. The maximum atomic E-state index is 8.88.